The summed E-state index contributed by atoms with van der Waals surface area (Å²) < 4.78 is 41.1. The average Bonchev–Trinajstić information content (AvgIpc) is 2.93. The number of halogens is 2. The van der Waals surface area contributed by atoms with Gasteiger partial charge in [-0.2, -0.15) is 5.26 Å². The smallest absolute Gasteiger partial charge is 0.334 e. The minimum atomic E-state index is -1.05. The molecule has 39 heavy (non-hydrogen) atoms. The fraction of sp³-hybridized carbons (Fsp3) is 0.214. The molecule has 1 N–H and O–H groups in total. The molecule has 2 heterocycles. The first-order valence-electron chi connectivity index (χ1n) is 12.2. The summed E-state index contributed by atoms with van der Waals surface area (Å²) in [6, 6.07) is 10.9. The molecular weight excluding hydrogens is 503 g/mol. The molecule has 0 spiro atoms. The van der Waals surface area contributed by atoms with Crippen molar-refractivity contribution >= 4 is 41.7 Å². The van der Waals surface area contributed by atoms with Crippen LogP contribution in [0.2, 0.25) is 6.82 Å². The molecule has 0 bridgehead atoms. The molecule has 0 radical (unpaired) electrons. The van der Waals surface area contributed by atoms with Crippen LogP contribution in [0.1, 0.15) is 23.7 Å². The van der Waals surface area contributed by atoms with Crippen LogP contribution < -0.4 is 19.3 Å². The van der Waals surface area contributed by atoms with Gasteiger partial charge in [-0.25, -0.2) is 13.6 Å². The van der Waals surface area contributed by atoms with E-state index in [1.807, 2.05) is 12.8 Å². The van der Waals surface area contributed by atoms with Gasteiger partial charge in [0.1, 0.15) is 13.0 Å². The van der Waals surface area contributed by atoms with Crippen molar-refractivity contribution in [2.75, 3.05) is 24.0 Å². The van der Waals surface area contributed by atoms with Gasteiger partial charge >= 0.3 is 6.03 Å². The van der Waals surface area contributed by atoms with Crippen LogP contribution in [0.15, 0.2) is 48.6 Å². The number of nitrogens with one attached hydrogen (secondary N) is 1. The van der Waals surface area contributed by atoms with Gasteiger partial charge in [0.25, 0.3) is 0 Å². The van der Waals surface area contributed by atoms with E-state index in [0.29, 0.717) is 41.2 Å². The van der Waals surface area contributed by atoms with Gasteiger partial charge in [0.15, 0.2) is 23.1 Å². The van der Waals surface area contributed by atoms with Crippen molar-refractivity contribution in [3.63, 3.8) is 0 Å². The number of hydrogen-bond donors (Lipinski definition) is 1. The maximum Gasteiger partial charge on any atom is 0.334 e. The summed E-state index contributed by atoms with van der Waals surface area (Å²) >= 11 is 0. The molecule has 1 aromatic heterocycles. The molecular formula is C28H26BF2N5O3. The van der Waals surface area contributed by atoms with Crippen molar-refractivity contribution in [2.45, 2.75) is 26.7 Å². The van der Waals surface area contributed by atoms with Crippen LogP contribution in [0.4, 0.5) is 30.6 Å². The highest BCUT2D eigenvalue weighted by atomic mass is 19.1. The lowest BCUT2D eigenvalue weighted by molar-refractivity contribution is 0.251. The summed E-state index contributed by atoms with van der Waals surface area (Å²) in [4.78, 5) is 20.9. The van der Waals surface area contributed by atoms with Crippen molar-refractivity contribution in [1.29, 1.82) is 10.7 Å². The Morgan fingerprint density at radius 3 is 2.36 bits per heavy atom. The van der Waals surface area contributed by atoms with E-state index in [4.69, 9.17) is 20.1 Å². The Kier molecular flexibility index (Phi) is 7.95. The lowest BCUT2D eigenvalue weighted by atomic mass is 9.79. The zero-order valence-corrected chi connectivity index (χ0v) is 22.0. The van der Waals surface area contributed by atoms with Gasteiger partial charge in [0.2, 0.25) is 0 Å². The van der Waals surface area contributed by atoms with Crippen LogP contribution in [0, 0.1) is 28.4 Å². The van der Waals surface area contributed by atoms with Gasteiger partial charge < -0.3 is 14.9 Å². The quantitative estimate of drug-likeness (QED) is 0.303. The first-order chi connectivity index (χ1) is 18.7. The highest BCUT2D eigenvalue weighted by Gasteiger charge is 2.37. The second-order valence-electron chi connectivity index (χ2n) is 8.81. The number of rotatable bonds is 8. The largest absolute Gasteiger partial charge is 0.493 e. The van der Waals surface area contributed by atoms with Crippen LogP contribution in [-0.2, 0) is 13.0 Å². The number of amides is 2. The topological polar surface area (TPSA) is 103 Å². The number of allylic oxidation sites excluding steroid dienone is 1. The van der Waals surface area contributed by atoms with E-state index in [-0.39, 0.29) is 24.5 Å². The molecule has 3 aromatic rings. The number of nitrogens with zero attached hydrogens (tertiary/aromatic N) is 4. The highest BCUT2D eigenvalue weighted by Crippen LogP contribution is 2.43. The molecule has 4 rings (SSSR count). The number of aromatic nitrogens is 1. The van der Waals surface area contributed by atoms with E-state index in [1.165, 1.54) is 19.1 Å². The second kappa shape index (κ2) is 11.4. The molecule has 1 aliphatic rings. The van der Waals surface area contributed by atoms with Gasteiger partial charge in [0.05, 0.1) is 50.3 Å². The normalized spacial score (nSPS) is 13.1. The lowest BCUT2D eigenvalue weighted by Crippen LogP contribution is -2.46. The van der Waals surface area contributed by atoms with Crippen molar-refractivity contribution in [2.24, 2.45) is 0 Å². The van der Waals surface area contributed by atoms with Gasteiger partial charge in [-0.1, -0.05) is 19.0 Å². The Balaban J connectivity index is 1.94. The molecule has 0 unspecified atom stereocenters. The Labute approximate surface area is 225 Å². The van der Waals surface area contributed by atoms with E-state index in [0.717, 1.165) is 16.5 Å². The number of fused-ring (bicyclic) bond motifs is 1. The number of benzene rings is 2. The van der Waals surface area contributed by atoms with Gasteiger partial charge in [0, 0.05) is 29.1 Å². The molecule has 0 saturated carbocycles. The van der Waals surface area contributed by atoms with Gasteiger partial charge in [-0.05, 0) is 30.7 Å². The van der Waals surface area contributed by atoms with E-state index < -0.39 is 23.4 Å². The number of urea groups is 1. The number of carbonyl (C=O) groups is 1. The average molecular weight is 529 g/mol. The molecule has 1 aliphatic heterocycles. The van der Waals surface area contributed by atoms with Crippen LogP contribution in [0.25, 0.3) is 5.57 Å². The van der Waals surface area contributed by atoms with Crippen molar-refractivity contribution < 1.29 is 23.0 Å². The number of hydrogen-bond acceptors (Lipinski definition) is 6. The molecule has 0 saturated heterocycles. The first kappa shape index (κ1) is 27.3. The van der Waals surface area contributed by atoms with E-state index in [2.05, 4.69) is 11.1 Å². The van der Waals surface area contributed by atoms with Crippen LogP contribution in [0.3, 0.4) is 0 Å². The Bertz CT molecular complexity index is 1490. The second-order valence-corrected chi connectivity index (χ2v) is 8.81. The third kappa shape index (κ3) is 5.05. The molecule has 2 amide bonds. The van der Waals surface area contributed by atoms with Crippen molar-refractivity contribution in [3.8, 4) is 17.6 Å². The Morgan fingerprint density at radius 1 is 1.18 bits per heavy atom. The molecule has 198 valence electrons. The monoisotopic (exact) mass is 529 g/mol. The number of methoxy groups -OCH3 is 2. The SMILES string of the molecule is CB/C=C(\C(C)=N)c1cc2c(cn1)CN(c1c(F)c(OC)cc(OC)c1F)C(=O)N2c1ccc(CC#N)cc1. The van der Waals surface area contributed by atoms with Gasteiger partial charge in [-0.3, -0.25) is 14.8 Å². The maximum atomic E-state index is 15.5. The van der Waals surface area contributed by atoms with Crippen LogP contribution in [0.5, 0.6) is 11.5 Å². The fourth-order valence-electron chi connectivity index (χ4n) is 4.45. The van der Waals surface area contributed by atoms with Gasteiger partial charge in [-0.15, -0.1) is 5.98 Å². The number of pyridine rings is 1. The van der Waals surface area contributed by atoms with E-state index in [9.17, 15) is 4.79 Å². The lowest BCUT2D eigenvalue weighted by Gasteiger charge is -2.37. The molecule has 0 atom stereocenters. The molecule has 11 heteroatoms. The Morgan fingerprint density at radius 2 is 1.82 bits per heavy atom. The molecule has 2 aromatic carbocycles. The molecule has 0 aliphatic carbocycles. The van der Waals surface area contributed by atoms with Crippen molar-refractivity contribution in [3.05, 3.63) is 77.0 Å². The highest BCUT2D eigenvalue weighted by molar-refractivity contribution is 6.45. The molecule has 0 fully saturated rings. The van der Waals surface area contributed by atoms with Crippen molar-refractivity contribution in [1.82, 2.24) is 4.98 Å². The van der Waals surface area contributed by atoms with E-state index in [1.54, 1.807) is 43.5 Å². The summed E-state index contributed by atoms with van der Waals surface area (Å²) in [6.07, 6.45) is 1.73. The number of carbonyl (C=O) groups excluding carboxylic acids is 1. The number of ether oxygens (including phenoxy) is 2. The standard InChI is InChI=1S/C28H26BF2N5O3/c1-16(33)20(13-29-2)21-11-22-18(14-34-21)15-35(27-25(30)23(38-3)12-24(39-4)26(27)31)28(37)36(22)19-7-5-17(6-8-19)9-10-32/h5-8,11-14,29,33H,9,15H2,1-4H3/b20-13+,33-16?. The zero-order chi connectivity index (χ0) is 28.3. The Hall–Kier alpha value is -4.72. The predicted octanol–water partition coefficient (Wildman–Crippen LogP) is 5.59. The summed E-state index contributed by atoms with van der Waals surface area (Å²) in [5, 5.41) is 17.2. The minimum Gasteiger partial charge on any atom is -0.493 e. The summed E-state index contributed by atoms with van der Waals surface area (Å²) in [6.45, 7) is 3.43. The summed E-state index contributed by atoms with van der Waals surface area (Å²) in [5.74, 6) is -0.775. The minimum absolute atomic E-state index is 0.176. The number of anilines is 3. The van der Waals surface area contributed by atoms with Crippen LogP contribution >= 0.6 is 0 Å². The fourth-order valence-corrected chi connectivity index (χ4v) is 4.45. The zero-order valence-electron chi connectivity index (χ0n) is 22.0. The summed E-state index contributed by atoms with van der Waals surface area (Å²) in [7, 11) is 3.15. The summed E-state index contributed by atoms with van der Waals surface area (Å²) in [5.41, 5.74) is 2.98. The predicted molar refractivity (Wildman–Crippen MR) is 148 cm³/mol. The molecule has 8 nitrogen and oxygen atoms in total. The number of nitriles is 1. The van der Waals surface area contributed by atoms with E-state index >= 15 is 8.78 Å². The van der Waals surface area contributed by atoms with Crippen LogP contribution in [-0.4, -0.2) is 38.2 Å². The third-order valence-electron chi connectivity index (χ3n) is 6.34. The third-order valence-corrected chi connectivity index (χ3v) is 6.34. The maximum absolute atomic E-state index is 15.5. The first-order valence-corrected chi connectivity index (χ1v) is 12.2.